The molecule has 2 atom stereocenters. The van der Waals surface area contributed by atoms with Crippen molar-refractivity contribution in [3.05, 3.63) is 59.7 Å². The summed E-state index contributed by atoms with van der Waals surface area (Å²) < 4.78 is 27.0. The van der Waals surface area contributed by atoms with Crippen LogP contribution in [0.1, 0.15) is 37.9 Å². The fraction of sp³-hybridized carbons (Fsp3) is 0.364. The summed E-state index contributed by atoms with van der Waals surface area (Å²) in [4.78, 5) is 26.1. The van der Waals surface area contributed by atoms with Crippen molar-refractivity contribution in [3.63, 3.8) is 0 Å². The summed E-state index contributed by atoms with van der Waals surface area (Å²) in [6, 6.07) is 14.0. The fourth-order valence-electron chi connectivity index (χ4n) is 3.83. The second-order valence-corrected chi connectivity index (χ2v) is 9.74. The minimum Gasteiger partial charge on any atom is -0.348 e. The third kappa shape index (κ3) is 4.39. The lowest BCUT2D eigenvalue weighted by Crippen LogP contribution is -2.39. The Morgan fingerprint density at radius 1 is 1.20 bits per heavy atom. The highest BCUT2D eigenvalue weighted by Crippen LogP contribution is 2.34. The second kappa shape index (κ2) is 8.57. The molecule has 0 aliphatic carbocycles. The summed E-state index contributed by atoms with van der Waals surface area (Å²) in [7, 11) is -2.45. The Balaban J connectivity index is 1.72. The first-order valence-corrected chi connectivity index (χ1v) is 11.3. The molecule has 3 rings (SSSR count). The standard InChI is InChI=1S/C22H27N3O4S/c1-15-12-19-13-20(10-11-21(19)25(15)17(3)26)30(28,29)24(4)14-22(27)23-16(2)18-8-6-5-7-9-18/h5-11,13,15-16H,12,14H2,1-4H3,(H,23,27)/t15-,16-/m1/s1. The molecular weight excluding hydrogens is 402 g/mol. The van der Waals surface area contributed by atoms with Gasteiger partial charge < -0.3 is 10.2 Å². The van der Waals surface area contributed by atoms with Gasteiger partial charge in [0.2, 0.25) is 21.8 Å². The Hall–Kier alpha value is -2.71. The van der Waals surface area contributed by atoms with Crippen molar-refractivity contribution in [3.8, 4) is 0 Å². The summed E-state index contributed by atoms with van der Waals surface area (Å²) >= 11 is 0. The highest BCUT2D eigenvalue weighted by atomic mass is 32.2. The van der Waals surface area contributed by atoms with E-state index < -0.39 is 10.0 Å². The largest absolute Gasteiger partial charge is 0.348 e. The lowest BCUT2D eigenvalue weighted by atomic mass is 10.1. The van der Waals surface area contributed by atoms with Crippen LogP contribution in [0, 0.1) is 0 Å². The Labute approximate surface area is 177 Å². The molecular formula is C22H27N3O4S. The van der Waals surface area contributed by atoms with E-state index in [1.165, 1.54) is 20.0 Å². The molecule has 2 amide bonds. The third-order valence-corrected chi connectivity index (χ3v) is 7.16. The van der Waals surface area contributed by atoms with Crippen LogP contribution in [-0.4, -0.2) is 44.2 Å². The van der Waals surface area contributed by atoms with Crippen LogP contribution in [0.5, 0.6) is 0 Å². The minimum atomic E-state index is -3.84. The van der Waals surface area contributed by atoms with Crippen molar-refractivity contribution in [2.75, 3.05) is 18.5 Å². The molecule has 1 heterocycles. The number of anilines is 1. The number of carbonyl (C=O) groups excluding carboxylic acids is 2. The summed E-state index contributed by atoms with van der Waals surface area (Å²) in [6.45, 7) is 5.00. The van der Waals surface area contributed by atoms with Crippen LogP contribution in [0.25, 0.3) is 0 Å². The predicted molar refractivity (Wildman–Crippen MR) is 116 cm³/mol. The van der Waals surface area contributed by atoms with Gasteiger partial charge in [-0.15, -0.1) is 0 Å². The van der Waals surface area contributed by atoms with Gasteiger partial charge in [-0.2, -0.15) is 4.31 Å². The second-order valence-electron chi connectivity index (χ2n) is 7.69. The van der Waals surface area contributed by atoms with Gasteiger partial charge in [0.05, 0.1) is 17.5 Å². The molecule has 0 aromatic heterocycles. The molecule has 0 unspecified atom stereocenters. The third-order valence-electron chi connectivity index (χ3n) is 5.36. The van der Waals surface area contributed by atoms with Gasteiger partial charge in [-0.25, -0.2) is 8.42 Å². The molecule has 2 aromatic carbocycles. The van der Waals surface area contributed by atoms with E-state index in [2.05, 4.69) is 5.32 Å². The van der Waals surface area contributed by atoms with E-state index >= 15 is 0 Å². The molecule has 0 radical (unpaired) electrons. The molecule has 1 aliphatic heterocycles. The smallest absolute Gasteiger partial charge is 0.243 e. The number of likely N-dealkylation sites (N-methyl/N-ethyl adjacent to an activating group) is 1. The molecule has 0 bridgehead atoms. The van der Waals surface area contributed by atoms with Crippen molar-refractivity contribution in [2.24, 2.45) is 0 Å². The summed E-state index contributed by atoms with van der Waals surface area (Å²) in [5.41, 5.74) is 2.50. The molecule has 0 fully saturated rings. The maximum Gasteiger partial charge on any atom is 0.243 e. The lowest BCUT2D eigenvalue weighted by molar-refractivity contribution is -0.121. The number of nitrogens with zero attached hydrogens (tertiary/aromatic N) is 2. The van der Waals surface area contributed by atoms with Crippen LogP contribution in [0.15, 0.2) is 53.4 Å². The van der Waals surface area contributed by atoms with E-state index in [4.69, 9.17) is 0 Å². The van der Waals surface area contributed by atoms with Crippen LogP contribution in [0.4, 0.5) is 5.69 Å². The van der Waals surface area contributed by atoms with Gasteiger partial charge in [-0.05, 0) is 49.6 Å². The number of fused-ring (bicyclic) bond motifs is 1. The van der Waals surface area contributed by atoms with E-state index in [9.17, 15) is 18.0 Å². The molecule has 160 valence electrons. The van der Waals surface area contributed by atoms with E-state index in [-0.39, 0.29) is 35.3 Å². The van der Waals surface area contributed by atoms with E-state index in [1.54, 1.807) is 17.0 Å². The van der Waals surface area contributed by atoms with Crippen molar-refractivity contribution in [1.82, 2.24) is 9.62 Å². The molecule has 0 spiro atoms. The van der Waals surface area contributed by atoms with Crippen molar-refractivity contribution < 1.29 is 18.0 Å². The van der Waals surface area contributed by atoms with Crippen LogP contribution in [0.2, 0.25) is 0 Å². The molecule has 0 saturated carbocycles. The average molecular weight is 430 g/mol. The quantitative estimate of drug-likeness (QED) is 0.764. The average Bonchev–Trinajstić information content (AvgIpc) is 3.03. The maximum atomic E-state index is 13.0. The van der Waals surface area contributed by atoms with E-state index in [0.717, 1.165) is 21.1 Å². The Morgan fingerprint density at radius 2 is 1.87 bits per heavy atom. The monoisotopic (exact) mass is 429 g/mol. The zero-order valence-corrected chi connectivity index (χ0v) is 18.4. The number of sulfonamides is 1. The predicted octanol–water partition coefficient (Wildman–Crippen LogP) is 2.48. The van der Waals surface area contributed by atoms with Crippen molar-refractivity contribution in [2.45, 2.75) is 44.2 Å². The number of carbonyl (C=O) groups is 2. The summed E-state index contributed by atoms with van der Waals surface area (Å²) in [5.74, 6) is -0.451. The highest BCUT2D eigenvalue weighted by molar-refractivity contribution is 7.89. The van der Waals surface area contributed by atoms with Gasteiger partial charge in [-0.1, -0.05) is 30.3 Å². The SMILES string of the molecule is CC(=O)N1c2ccc(S(=O)(=O)N(C)CC(=O)N[C@H](C)c3ccccc3)cc2C[C@H]1C. The zero-order valence-electron chi connectivity index (χ0n) is 17.6. The van der Waals surface area contributed by atoms with Gasteiger partial charge in [0.15, 0.2) is 0 Å². The Kier molecular flexibility index (Phi) is 6.28. The number of hydrogen-bond donors (Lipinski definition) is 1. The summed E-state index contributed by atoms with van der Waals surface area (Å²) in [5, 5.41) is 2.83. The summed E-state index contributed by atoms with van der Waals surface area (Å²) in [6.07, 6.45) is 0.594. The van der Waals surface area contributed by atoms with E-state index in [0.29, 0.717) is 6.42 Å². The first-order valence-electron chi connectivity index (χ1n) is 9.84. The molecule has 8 heteroatoms. The highest BCUT2D eigenvalue weighted by Gasteiger charge is 2.31. The molecule has 1 aliphatic rings. The van der Waals surface area contributed by atoms with Crippen molar-refractivity contribution in [1.29, 1.82) is 0 Å². The van der Waals surface area contributed by atoms with Crippen LogP contribution < -0.4 is 10.2 Å². The number of benzene rings is 2. The van der Waals surface area contributed by atoms with Gasteiger partial charge in [0.25, 0.3) is 0 Å². The molecule has 1 N–H and O–H groups in total. The number of hydrogen-bond acceptors (Lipinski definition) is 4. The van der Waals surface area contributed by atoms with Gasteiger partial charge in [-0.3, -0.25) is 9.59 Å². The van der Waals surface area contributed by atoms with E-state index in [1.807, 2.05) is 44.2 Å². The van der Waals surface area contributed by atoms with Crippen molar-refractivity contribution >= 4 is 27.5 Å². The van der Waals surface area contributed by atoms with Crippen LogP contribution in [-0.2, 0) is 26.0 Å². The van der Waals surface area contributed by atoms with Gasteiger partial charge >= 0.3 is 0 Å². The fourth-order valence-corrected chi connectivity index (χ4v) is 5.01. The minimum absolute atomic E-state index is 0.0153. The lowest BCUT2D eigenvalue weighted by Gasteiger charge is -2.21. The number of rotatable bonds is 6. The zero-order chi connectivity index (χ0) is 22.1. The molecule has 2 aromatic rings. The topological polar surface area (TPSA) is 86.8 Å². The Bertz CT molecular complexity index is 1050. The maximum absolute atomic E-state index is 13.0. The first kappa shape index (κ1) is 22.0. The van der Waals surface area contributed by atoms with Crippen LogP contribution >= 0.6 is 0 Å². The molecule has 7 nitrogen and oxygen atoms in total. The molecule has 30 heavy (non-hydrogen) atoms. The van der Waals surface area contributed by atoms with Gasteiger partial charge in [0.1, 0.15) is 0 Å². The normalized spacial score (nSPS) is 17.0. The first-order chi connectivity index (χ1) is 14.1. The van der Waals surface area contributed by atoms with Crippen LogP contribution in [0.3, 0.4) is 0 Å². The number of amides is 2. The Morgan fingerprint density at radius 3 is 2.50 bits per heavy atom. The molecule has 0 saturated heterocycles. The number of nitrogens with one attached hydrogen (secondary N) is 1. The van der Waals surface area contributed by atoms with Gasteiger partial charge in [0, 0.05) is 25.7 Å².